The molecule has 1 amide bonds. The van der Waals surface area contributed by atoms with Crippen molar-refractivity contribution in [3.05, 3.63) is 59.2 Å². The average molecular weight is 411 g/mol. The van der Waals surface area contributed by atoms with Crippen molar-refractivity contribution < 1.29 is 18.7 Å². The molecule has 1 aromatic heterocycles. The van der Waals surface area contributed by atoms with E-state index in [1.807, 2.05) is 6.07 Å². The Kier molecular flexibility index (Phi) is 6.28. The zero-order valence-electron chi connectivity index (χ0n) is 16.7. The lowest BCUT2D eigenvalue weighted by molar-refractivity contribution is 0.102. The summed E-state index contributed by atoms with van der Waals surface area (Å²) in [5, 5.41) is 11.5. The van der Waals surface area contributed by atoms with E-state index in [0.29, 0.717) is 24.5 Å². The maximum absolute atomic E-state index is 14.5. The standard InChI is InChI=1S/C21H22FN5O3/c1-21(2,27-20(24)30-15-7-8-29-12-15)16-9-14(4-5-17(16)22)26-19(28)18-6-3-13(10-23)11-25-18/h3-6,9,11,15H,7-8,12H2,1-2H3,(H2,24,27)(H,26,28)/t15-/m0/s1. The molecule has 1 saturated heterocycles. The second-order valence-electron chi connectivity index (χ2n) is 7.31. The van der Waals surface area contributed by atoms with E-state index >= 15 is 0 Å². The molecule has 0 unspecified atom stereocenters. The van der Waals surface area contributed by atoms with Crippen LogP contribution in [0.4, 0.5) is 10.1 Å². The van der Waals surface area contributed by atoms with Crippen LogP contribution >= 0.6 is 0 Å². The van der Waals surface area contributed by atoms with Crippen LogP contribution in [-0.2, 0) is 15.0 Å². The number of aromatic nitrogens is 1. The zero-order valence-corrected chi connectivity index (χ0v) is 16.7. The highest BCUT2D eigenvalue weighted by Crippen LogP contribution is 2.30. The molecule has 3 N–H and O–H groups in total. The number of pyridine rings is 1. The van der Waals surface area contributed by atoms with Crippen LogP contribution in [0.5, 0.6) is 0 Å². The summed E-state index contributed by atoms with van der Waals surface area (Å²) in [6.45, 7) is 4.43. The van der Waals surface area contributed by atoms with Crippen molar-refractivity contribution in [3.8, 4) is 6.07 Å². The number of amidine groups is 1. The number of anilines is 1. The number of nitrogens with zero attached hydrogens (tertiary/aromatic N) is 3. The number of hydrogen-bond acceptors (Lipinski definition) is 6. The summed E-state index contributed by atoms with van der Waals surface area (Å²) >= 11 is 0. The molecule has 1 aliphatic heterocycles. The highest BCUT2D eigenvalue weighted by molar-refractivity contribution is 6.02. The summed E-state index contributed by atoms with van der Waals surface area (Å²) in [4.78, 5) is 20.7. The molecule has 3 rings (SSSR count). The van der Waals surface area contributed by atoms with Gasteiger partial charge in [0.15, 0.2) is 0 Å². The smallest absolute Gasteiger partial charge is 0.283 e. The lowest BCUT2D eigenvalue weighted by Gasteiger charge is -2.23. The molecule has 0 aliphatic carbocycles. The zero-order chi connectivity index (χ0) is 21.7. The fourth-order valence-electron chi connectivity index (χ4n) is 3.00. The Balaban J connectivity index is 1.77. The molecular formula is C21H22FN5O3. The van der Waals surface area contributed by atoms with Gasteiger partial charge in [0.05, 0.1) is 24.3 Å². The maximum Gasteiger partial charge on any atom is 0.283 e. The van der Waals surface area contributed by atoms with Gasteiger partial charge in [0, 0.05) is 23.9 Å². The van der Waals surface area contributed by atoms with E-state index in [4.69, 9.17) is 20.5 Å². The number of nitrogens with two attached hydrogens (primary N) is 1. The maximum atomic E-state index is 14.5. The van der Waals surface area contributed by atoms with E-state index < -0.39 is 17.3 Å². The summed E-state index contributed by atoms with van der Waals surface area (Å²) in [5.41, 5.74) is 5.94. The predicted molar refractivity (Wildman–Crippen MR) is 108 cm³/mol. The molecule has 30 heavy (non-hydrogen) atoms. The van der Waals surface area contributed by atoms with Gasteiger partial charge in [0.2, 0.25) is 0 Å². The first kappa shape index (κ1) is 21.2. The second kappa shape index (κ2) is 8.88. The first-order valence-corrected chi connectivity index (χ1v) is 9.36. The van der Waals surface area contributed by atoms with Crippen LogP contribution in [0.25, 0.3) is 0 Å². The number of nitrogens with one attached hydrogen (secondary N) is 1. The van der Waals surface area contributed by atoms with E-state index in [1.54, 1.807) is 13.8 Å². The topological polar surface area (TPSA) is 123 Å². The first-order chi connectivity index (χ1) is 14.3. The Hall–Kier alpha value is -3.51. The minimum atomic E-state index is -1.04. The molecule has 9 heteroatoms. The van der Waals surface area contributed by atoms with Crippen molar-refractivity contribution in [2.75, 3.05) is 18.5 Å². The third kappa shape index (κ3) is 5.10. The van der Waals surface area contributed by atoms with Crippen LogP contribution in [-0.4, -0.2) is 36.2 Å². The second-order valence-corrected chi connectivity index (χ2v) is 7.31. The molecule has 0 radical (unpaired) electrons. The van der Waals surface area contributed by atoms with Gasteiger partial charge in [0.1, 0.15) is 23.7 Å². The lowest BCUT2D eigenvalue weighted by atomic mass is 9.94. The van der Waals surface area contributed by atoms with E-state index in [1.165, 1.54) is 36.5 Å². The number of amides is 1. The number of carbonyl (C=O) groups excluding carboxylic acids is 1. The Labute approximate surface area is 173 Å². The Morgan fingerprint density at radius 1 is 1.43 bits per heavy atom. The molecule has 2 aromatic rings. The van der Waals surface area contributed by atoms with Gasteiger partial charge >= 0.3 is 0 Å². The van der Waals surface area contributed by atoms with Gasteiger partial charge in [0.25, 0.3) is 11.9 Å². The van der Waals surface area contributed by atoms with Gasteiger partial charge in [-0.05, 0) is 44.2 Å². The fraction of sp³-hybridized carbons (Fsp3) is 0.333. The van der Waals surface area contributed by atoms with Crippen LogP contribution in [0.2, 0.25) is 0 Å². The largest absolute Gasteiger partial charge is 0.460 e. The van der Waals surface area contributed by atoms with Crippen LogP contribution in [0.3, 0.4) is 0 Å². The number of ether oxygens (including phenoxy) is 2. The molecule has 1 fully saturated rings. The molecule has 0 saturated carbocycles. The highest BCUT2D eigenvalue weighted by Gasteiger charge is 2.26. The van der Waals surface area contributed by atoms with Gasteiger partial charge in [-0.3, -0.25) is 4.79 Å². The van der Waals surface area contributed by atoms with Gasteiger partial charge in [-0.1, -0.05) is 0 Å². The number of rotatable bonds is 5. The summed E-state index contributed by atoms with van der Waals surface area (Å²) in [5.74, 6) is -0.974. The minimum Gasteiger partial charge on any atom is -0.460 e. The van der Waals surface area contributed by atoms with Gasteiger partial charge < -0.3 is 20.5 Å². The first-order valence-electron chi connectivity index (χ1n) is 9.36. The number of carbonyl (C=O) groups is 1. The Morgan fingerprint density at radius 2 is 2.23 bits per heavy atom. The van der Waals surface area contributed by atoms with Crippen molar-refractivity contribution in [1.82, 2.24) is 4.98 Å². The molecule has 0 spiro atoms. The number of hydrogen-bond donors (Lipinski definition) is 2. The molecule has 156 valence electrons. The van der Waals surface area contributed by atoms with E-state index in [9.17, 15) is 9.18 Å². The van der Waals surface area contributed by atoms with Crippen molar-refractivity contribution in [3.63, 3.8) is 0 Å². The van der Waals surface area contributed by atoms with Crippen molar-refractivity contribution >= 4 is 17.6 Å². The molecule has 0 bridgehead atoms. The number of halogens is 1. The van der Waals surface area contributed by atoms with Gasteiger partial charge in [-0.25, -0.2) is 14.4 Å². The molecule has 1 aromatic carbocycles. The van der Waals surface area contributed by atoms with Crippen LogP contribution in [0, 0.1) is 17.1 Å². The average Bonchev–Trinajstić information content (AvgIpc) is 3.21. The molecule has 2 heterocycles. The number of aliphatic imine (C=N–C) groups is 1. The van der Waals surface area contributed by atoms with Crippen LogP contribution in [0.15, 0.2) is 41.5 Å². The van der Waals surface area contributed by atoms with Gasteiger partial charge in [-0.2, -0.15) is 5.26 Å². The molecule has 1 atom stereocenters. The number of nitriles is 1. The van der Waals surface area contributed by atoms with E-state index in [-0.39, 0.29) is 23.4 Å². The van der Waals surface area contributed by atoms with Crippen molar-refractivity contribution in [2.24, 2.45) is 10.7 Å². The Morgan fingerprint density at radius 3 is 2.87 bits per heavy atom. The summed E-state index contributed by atoms with van der Waals surface area (Å²) in [7, 11) is 0. The Bertz CT molecular complexity index is 993. The quantitative estimate of drug-likeness (QED) is 0.576. The molecule has 8 nitrogen and oxygen atoms in total. The van der Waals surface area contributed by atoms with E-state index in [2.05, 4.69) is 15.3 Å². The summed E-state index contributed by atoms with van der Waals surface area (Å²) < 4.78 is 25.3. The SMILES string of the molecule is CC(C)(/N=C(/N)O[C@H]1CCOC1)c1cc(NC(=O)c2ccc(C#N)cn2)ccc1F. The van der Waals surface area contributed by atoms with Crippen molar-refractivity contribution in [1.29, 1.82) is 5.26 Å². The van der Waals surface area contributed by atoms with Crippen molar-refractivity contribution in [2.45, 2.75) is 31.9 Å². The summed E-state index contributed by atoms with van der Waals surface area (Å²) in [6, 6.07) is 9.00. The van der Waals surface area contributed by atoms with Gasteiger partial charge in [-0.15, -0.1) is 0 Å². The van der Waals surface area contributed by atoms with E-state index in [0.717, 1.165) is 6.42 Å². The third-order valence-electron chi connectivity index (χ3n) is 4.57. The fourth-order valence-corrected chi connectivity index (χ4v) is 3.00. The van der Waals surface area contributed by atoms with Crippen LogP contribution < -0.4 is 11.1 Å². The number of benzene rings is 1. The monoisotopic (exact) mass is 411 g/mol. The summed E-state index contributed by atoms with van der Waals surface area (Å²) in [6.07, 6.45) is 1.86. The van der Waals surface area contributed by atoms with Crippen LogP contribution in [0.1, 0.15) is 41.9 Å². The predicted octanol–water partition coefficient (Wildman–Crippen LogP) is 2.70. The highest BCUT2D eigenvalue weighted by atomic mass is 19.1. The lowest BCUT2D eigenvalue weighted by Crippen LogP contribution is -2.29. The molecular weight excluding hydrogens is 389 g/mol. The third-order valence-corrected chi connectivity index (χ3v) is 4.57. The minimum absolute atomic E-state index is 0.0499. The normalized spacial score (nSPS) is 16.7. The molecule has 1 aliphatic rings.